The van der Waals surface area contributed by atoms with Crippen LogP contribution in [0.5, 0.6) is 0 Å². The van der Waals surface area contributed by atoms with Gasteiger partial charge in [-0.1, -0.05) is 0 Å². The fraction of sp³-hybridized carbons (Fsp3) is 0.333. The van der Waals surface area contributed by atoms with Crippen LogP contribution in [-0.4, -0.2) is 23.8 Å². The molecule has 0 bridgehead atoms. The predicted octanol–water partition coefficient (Wildman–Crippen LogP) is 1.90. The zero-order valence-electron chi connectivity index (χ0n) is 9.92. The number of carbonyl (C=O) groups is 2. The molecule has 0 heterocycles. The Morgan fingerprint density at radius 3 is 2.78 bits per heavy atom. The van der Waals surface area contributed by atoms with Gasteiger partial charge in [0.15, 0.2) is 0 Å². The van der Waals surface area contributed by atoms with Crippen LogP contribution in [0.1, 0.15) is 29.3 Å². The molecule has 0 aromatic heterocycles. The monoisotopic (exact) mass is 251 g/mol. The molecule has 0 atom stereocenters. The number of aryl methyl sites for hydroxylation is 1. The smallest absolute Gasteiger partial charge is 0.338 e. The number of esters is 1. The molecule has 96 valence electrons. The minimum atomic E-state index is -0.533. The molecule has 0 N–H and O–H groups in total. The fourth-order valence-electron chi connectivity index (χ4n) is 1.52. The Morgan fingerprint density at radius 1 is 1.50 bits per heavy atom. The summed E-state index contributed by atoms with van der Waals surface area (Å²) in [5.41, 5.74) is 0.519. The van der Waals surface area contributed by atoms with Crippen LogP contribution in [0.15, 0.2) is 18.2 Å². The van der Waals surface area contributed by atoms with Crippen LogP contribution in [0, 0.1) is 10.1 Å². The highest BCUT2D eigenvalue weighted by Gasteiger charge is 2.16. The van der Waals surface area contributed by atoms with Crippen LogP contribution in [0.3, 0.4) is 0 Å². The van der Waals surface area contributed by atoms with E-state index in [1.165, 1.54) is 18.2 Å². The van der Waals surface area contributed by atoms with Crippen molar-refractivity contribution in [1.82, 2.24) is 0 Å². The van der Waals surface area contributed by atoms with Crippen molar-refractivity contribution in [2.75, 3.05) is 6.61 Å². The van der Waals surface area contributed by atoms with E-state index in [1.54, 1.807) is 6.92 Å². The van der Waals surface area contributed by atoms with E-state index >= 15 is 0 Å². The van der Waals surface area contributed by atoms with Crippen molar-refractivity contribution in [1.29, 1.82) is 0 Å². The maximum atomic E-state index is 11.5. The third-order valence-corrected chi connectivity index (χ3v) is 2.32. The van der Waals surface area contributed by atoms with E-state index < -0.39 is 10.9 Å². The van der Waals surface area contributed by atoms with Crippen LogP contribution in [0.4, 0.5) is 5.69 Å². The van der Waals surface area contributed by atoms with Crippen molar-refractivity contribution in [3.8, 4) is 0 Å². The average molecular weight is 251 g/mol. The molecule has 0 saturated carbocycles. The van der Waals surface area contributed by atoms with Gasteiger partial charge in [0.25, 0.3) is 5.69 Å². The molecule has 0 spiro atoms. The Labute approximate surface area is 104 Å². The Morgan fingerprint density at radius 2 is 2.22 bits per heavy atom. The van der Waals surface area contributed by atoms with E-state index in [2.05, 4.69) is 0 Å². The van der Waals surface area contributed by atoms with Crippen molar-refractivity contribution in [3.05, 3.63) is 39.4 Å². The second kappa shape index (κ2) is 6.48. The third-order valence-electron chi connectivity index (χ3n) is 2.32. The third kappa shape index (κ3) is 3.38. The van der Waals surface area contributed by atoms with Crippen LogP contribution in [0.2, 0.25) is 0 Å². The van der Waals surface area contributed by atoms with Gasteiger partial charge in [-0.2, -0.15) is 0 Å². The minimum absolute atomic E-state index is 0.0927. The molecule has 0 saturated heterocycles. The van der Waals surface area contributed by atoms with E-state index in [1.807, 2.05) is 0 Å². The highest BCUT2D eigenvalue weighted by molar-refractivity contribution is 5.90. The topological polar surface area (TPSA) is 86.5 Å². The number of hydrogen-bond donors (Lipinski definition) is 0. The lowest BCUT2D eigenvalue weighted by Crippen LogP contribution is -2.06. The largest absolute Gasteiger partial charge is 0.462 e. The molecule has 1 aromatic carbocycles. The Bertz CT molecular complexity index is 470. The van der Waals surface area contributed by atoms with E-state index in [0.717, 1.165) is 0 Å². The lowest BCUT2D eigenvalue weighted by atomic mass is 10.0. The molecule has 6 heteroatoms. The molecule has 0 aliphatic carbocycles. The van der Waals surface area contributed by atoms with Crippen LogP contribution in [0.25, 0.3) is 0 Å². The first kappa shape index (κ1) is 13.8. The Balaban J connectivity index is 3.07. The van der Waals surface area contributed by atoms with Gasteiger partial charge in [-0.15, -0.1) is 0 Å². The summed E-state index contributed by atoms with van der Waals surface area (Å²) >= 11 is 0. The molecule has 0 unspecified atom stereocenters. The number of nitro groups is 1. The van der Waals surface area contributed by atoms with Gasteiger partial charge in [-0.05, 0) is 25.5 Å². The van der Waals surface area contributed by atoms with Gasteiger partial charge in [-0.25, -0.2) is 4.79 Å². The summed E-state index contributed by atoms with van der Waals surface area (Å²) in [6, 6.07) is 4.01. The van der Waals surface area contributed by atoms with E-state index in [9.17, 15) is 19.7 Å². The highest BCUT2D eigenvalue weighted by Crippen LogP contribution is 2.21. The maximum absolute atomic E-state index is 11.5. The summed E-state index contributed by atoms with van der Waals surface area (Å²) < 4.78 is 4.81. The van der Waals surface area contributed by atoms with Crippen molar-refractivity contribution in [2.24, 2.45) is 0 Å². The number of aldehydes is 1. The fourth-order valence-corrected chi connectivity index (χ4v) is 1.52. The first-order valence-electron chi connectivity index (χ1n) is 5.48. The first-order chi connectivity index (χ1) is 8.60. The first-order valence-corrected chi connectivity index (χ1v) is 5.48. The summed E-state index contributed by atoms with van der Waals surface area (Å²) in [7, 11) is 0. The number of nitro benzene ring substituents is 1. The number of rotatable bonds is 6. The van der Waals surface area contributed by atoms with Gasteiger partial charge in [0.1, 0.15) is 6.29 Å². The zero-order valence-corrected chi connectivity index (χ0v) is 9.92. The van der Waals surface area contributed by atoms with E-state index in [0.29, 0.717) is 11.8 Å². The van der Waals surface area contributed by atoms with Crippen LogP contribution < -0.4 is 0 Å². The quantitative estimate of drug-likeness (QED) is 0.333. The number of ether oxygens (including phenoxy) is 1. The van der Waals surface area contributed by atoms with Crippen molar-refractivity contribution < 1.29 is 19.2 Å². The second-order valence-electron chi connectivity index (χ2n) is 3.53. The van der Waals surface area contributed by atoms with Gasteiger partial charge in [0, 0.05) is 18.1 Å². The molecule has 18 heavy (non-hydrogen) atoms. The second-order valence-corrected chi connectivity index (χ2v) is 3.53. The summed E-state index contributed by atoms with van der Waals surface area (Å²) in [5.74, 6) is -0.528. The molecular formula is C12H13NO5. The number of nitrogens with zero attached hydrogens (tertiary/aromatic N) is 1. The molecule has 0 amide bonds. The maximum Gasteiger partial charge on any atom is 0.338 e. The molecule has 1 aromatic rings. The van der Waals surface area contributed by atoms with Gasteiger partial charge in [0.05, 0.1) is 17.1 Å². The summed E-state index contributed by atoms with van der Waals surface area (Å²) in [4.78, 5) is 32.1. The standard InChI is InChI=1S/C12H13NO5/c1-2-18-12(15)10-5-6-11(13(16)17)9(8-10)4-3-7-14/h5-8H,2-4H2,1H3. The molecule has 0 aliphatic heterocycles. The zero-order chi connectivity index (χ0) is 13.5. The highest BCUT2D eigenvalue weighted by atomic mass is 16.6. The predicted molar refractivity (Wildman–Crippen MR) is 63.4 cm³/mol. The van der Waals surface area contributed by atoms with Crippen molar-refractivity contribution in [3.63, 3.8) is 0 Å². The normalized spacial score (nSPS) is 9.83. The lowest BCUT2D eigenvalue weighted by Gasteiger charge is -2.05. The average Bonchev–Trinajstić information content (AvgIpc) is 2.36. The van der Waals surface area contributed by atoms with E-state index in [4.69, 9.17) is 4.74 Å². The molecule has 0 radical (unpaired) electrons. The lowest BCUT2D eigenvalue weighted by molar-refractivity contribution is -0.385. The number of hydrogen-bond acceptors (Lipinski definition) is 5. The van der Waals surface area contributed by atoms with Crippen molar-refractivity contribution in [2.45, 2.75) is 19.8 Å². The van der Waals surface area contributed by atoms with Crippen LogP contribution >= 0.6 is 0 Å². The summed E-state index contributed by atoms with van der Waals surface area (Å²) in [6.45, 7) is 1.91. The van der Waals surface area contributed by atoms with Crippen molar-refractivity contribution >= 4 is 17.9 Å². The van der Waals surface area contributed by atoms with E-state index in [-0.39, 0.29) is 30.7 Å². The molecule has 6 nitrogen and oxygen atoms in total. The Kier molecular flexibility index (Phi) is 4.98. The van der Waals surface area contributed by atoms with Gasteiger partial charge >= 0.3 is 5.97 Å². The number of carbonyl (C=O) groups excluding carboxylic acids is 2. The Hall–Kier alpha value is -2.24. The minimum Gasteiger partial charge on any atom is -0.462 e. The number of benzene rings is 1. The summed E-state index contributed by atoms with van der Waals surface area (Å²) in [6.07, 6.45) is 1.08. The molecular weight excluding hydrogens is 238 g/mol. The summed E-state index contributed by atoms with van der Waals surface area (Å²) in [5, 5.41) is 10.8. The molecule has 0 aliphatic rings. The van der Waals surface area contributed by atoms with Gasteiger partial charge in [0.2, 0.25) is 0 Å². The van der Waals surface area contributed by atoms with Gasteiger partial charge in [-0.3, -0.25) is 10.1 Å². The molecule has 1 rings (SSSR count). The SMILES string of the molecule is CCOC(=O)c1ccc([N+](=O)[O-])c(CCC=O)c1. The van der Waals surface area contributed by atoms with Gasteiger partial charge < -0.3 is 9.53 Å². The molecule has 0 fully saturated rings. The van der Waals surface area contributed by atoms with Crippen LogP contribution in [-0.2, 0) is 16.0 Å².